The Morgan fingerprint density at radius 1 is 1.27 bits per heavy atom. The maximum Gasteiger partial charge on any atom is 0.328 e. The van der Waals surface area contributed by atoms with E-state index in [1.165, 1.54) is 10.8 Å². The molecule has 2 fully saturated rings. The number of H-pyrrole nitrogens is 1. The third-order valence-electron chi connectivity index (χ3n) is 3.96. The summed E-state index contributed by atoms with van der Waals surface area (Å²) < 4.78 is 12.6. The van der Waals surface area contributed by atoms with E-state index in [1.54, 1.807) is 4.90 Å². The minimum absolute atomic E-state index is 0.108. The van der Waals surface area contributed by atoms with E-state index < -0.39 is 17.0 Å². The highest BCUT2D eigenvalue weighted by molar-refractivity contribution is 9.10. The maximum absolute atomic E-state index is 12.3. The largest absolute Gasteiger partial charge is 0.347 e. The van der Waals surface area contributed by atoms with Crippen molar-refractivity contribution >= 4 is 21.8 Å². The Balaban J connectivity index is 1.65. The average Bonchev–Trinajstić information content (AvgIpc) is 2.93. The van der Waals surface area contributed by atoms with Crippen LogP contribution in [0.3, 0.4) is 0 Å². The second-order valence-corrected chi connectivity index (χ2v) is 6.21. The Bertz CT molecular complexity index is 682. The van der Waals surface area contributed by atoms with Crippen molar-refractivity contribution in [1.82, 2.24) is 14.5 Å². The highest BCUT2D eigenvalue weighted by atomic mass is 79.9. The molecule has 9 heteroatoms. The van der Waals surface area contributed by atoms with Crippen LogP contribution in [-0.4, -0.2) is 52.4 Å². The number of aromatic nitrogens is 2. The van der Waals surface area contributed by atoms with Gasteiger partial charge in [0.05, 0.1) is 17.7 Å². The van der Waals surface area contributed by atoms with Gasteiger partial charge in [-0.25, -0.2) is 4.79 Å². The van der Waals surface area contributed by atoms with Crippen LogP contribution in [-0.2, 0) is 20.8 Å². The summed E-state index contributed by atoms with van der Waals surface area (Å²) in [5, 5.41) is 0. The van der Waals surface area contributed by atoms with Gasteiger partial charge in [-0.1, -0.05) is 0 Å². The summed E-state index contributed by atoms with van der Waals surface area (Å²) in [7, 11) is 0. The summed E-state index contributed by atoms with van der Waals surface area (Å²) in [6.07, 6.45) is 2.58. The molecule has 22 heavy (non-hydrogen) atoms. The zero-order chi connectivity index (χ0) is 15.7. The van der Waals surface area contributed by atoms with Crippen molar-refractivity contribution < 1.29 is 14.3 Å². The molecule has 1 spiro atoms. The fourth-order valence-electron chi connectivity index (χ4n) is 2.73. The summed E-state index contributed by atoms with van der Waals surface area (Å²) in [6.45, 7) is 2.13. The van der Waals surface area contributed by atoms with Crippen molar-refractivity contribution in [3.63, 3.8) is 0 Å². The van der Waals surface area contributed by atoms with E-state index in [0.717, 1.165) is 0 Å². The molecule has 3 rings (SSSR count). The highest BCUT2D eigenvalue weighted by Crippen LogP contribution is 2.31. The SMILES string of the molecule is O=C(Cn1cc(Br)c(=O)[nH]c1=O)N1CCC2(CC1)OCCO2. The maximum atomic E-state index is 12.3. The van der Waals surface area contributed by atoms with Gasteiger partial charge in [-0.3, -0.25) is 19.1 Å². The molecule has 1 aromatic rings. The molecule has 0 unspecified atom stereocenters. The van der Waals surface area contributed by atoms with Crippen molar-refractivity contribution in [3.05, 3.63) is 31.5 Å². The second kappa shape index (κ2) is 5.98. The molecule has 0 bridgehead atoms. The van der Waals surface area contributed by atoms with Gasteiger partial charge < -0.3 is 14.4 Å². The van der Waals surface area contributed by atoms with Gasteiger partial charge in [0, 0.05) is 32.1 Å². The Morgan fingerprint density at radius 3 is 2.55 bits per heavy atom. The lowest BCUT2D eigenvalue weighted by molar-refractivity contribution is -0.187. The average molecular weight is 374 g/mol. The quantitative estimate of drug-likeness (QED) is 0.765. The van der Waals surface area contributed by atoms with E-state index in [-0.39, 0.29) is 16.9 Å². The zero-order valence-electron chi connectivity index (χ0n) is 11.8. The minimum atomic E-state index is -0.600. The Labute approximate surface area is 134 Å². The van der Waals surface area contributed by atoms with Crippen molar-refractivity contribution in [2.75, 3.05) is 26.3 Å². The number of piperidine rings is 1. The third-order valence-corrected chi connectivity index (χ3v) is 4.53. The molecule has 1 amide bonds. The minimum Gasteiger partial charge on any atom is -0.347 e. The summed E-state index contributed by atoms with van der Waals surface area (Å²) in [6, 6.07) is 0. The number of rotatable bonds is 2. The number of aromatic amines is 1. The van der Waals surface area contributed by atoms with Gasteiger partial charge in [0.2, 0.25) is 5.91 Å². The number of nitrogens with one attached hydrogen (secondary N) is 1. The van der Waals surface area contributed by atoms with E-state index in [0.29, 0.717) is 39.1 Å². The van der Waals surface area contributed by atoms with E-state index in [2.05, 4.69) is 20.9 Å². The first-order chi connectivity index (χ1) is 10.5. The van der Waals surface area contributed by atoms with Crippen LogP contribution in [0.25, 0.3) is 0 Å². The number of ether oxygens (including phenoxy) is 2. The first-order valence-electron chi connectivity index (χ1n) is 7.04. The first-order valence-corrected chi connectivity index (χ1v) is 7.83. The van der Waals surface area contributed by atoms with E-state index in [4.69, 9.17) is 9.47 Å². The number of amides is 1. The molecule has 0 aromatic carbocycles. The molecular weight excluding hydrogens is 358 g/mol. The van der Waals surface area contributed by atoms with Crippen molar-refractivity contribution in [2.45, 2.75) is 25.2 Å². The number of nitrogens with zero attached hydrogens (tertiary/aromatic N) is 2. The number of halogens is 1. The summed E-state index contributed by atoms with van der Waals surface area (Å²) in [5.41, 5.74) is -1.11. The predicted octanol–water partition coefficient (Wildman–Crippen LogP) is -0.335. The van der Waals surface area contributed by atoms with Crippen molar-refractivity contribution in [1.29, 1.82) is 0 Å². The van der Waals surface area contributed by atoms with Gasteiger partial charge in [0.1, 0.15) is 6.54 Å². The number of likely N-dealkylation sites (tertiary alicyclic amines) is 1. The molecule has 1 N–H and O–H groups in total. The van der Waals surface area contributed by atoms with Crippen LogP contribution in [0, 0.1) is 0 Å². The van der Waals surface area contributed by atoms with Crippen LogP contribution >= 0.6 is 15.9 Å². The number of carbonyl (C=O) groups excluding carboxylic acids is 1. The number of carbonyl (C=O) groups is 1. The van der Waals surface area contributed by atoms with Crippen LogP contribution in [0.15, 0.2) is 20.3 Å². The monoisotopic (exact) mass is 373 g/mol. The van der Waals surface area contributed by atoms with Gasteiger partial charge >= 0.3 is 5.69 Å². The molecule has 0 atom stereocenters. The van der Waals surface area contributed by atoms with Crippen LogP contribution in [0.4, 0.5) is 0 Å². The molecule has 8 nitrogen and oxygen atoms in total. The molecule has 1 aromatic heterocycles. The smallest absolute Gasteiger partial charge is 0.328 e. The Hall–Kier alpha value is -1.45. The lowest BCUT2D eigenvalue weighted by atomic mass is 10.0. The summed E-state index contributed by atoms with van der Waals surface area (Å²) in [5.74, 6) is -0.705. The van der Waals surface area contributed by atoms with Crippen molar-refractivity contribution in [3.8, 4) is 0 Å². The summed E-state index contributed by atoms with van der Waals surface area (Å²) in [4.78, 5) is 39.1. The predicted molar refractivity (Wildman–Crippen MR) is 79.5 cm³/mol. The van der Waals surface area contributed by atoms with E-state index >= 15 is 0 Å². The van der Waals surface area contributed by atoms with Crippen LogP contribution in [0.2, 0.25) is 0 Å². The lowest BCUT2D eigenvalue weighted by Gasteiger charge is -2.37. The molecule has 2 aliphatic heterocycles. The van der Waals surface area contributed by atoms with Crippen molar-refractivity contribution in [2.24, 2.45) is 0 Å². The molecule has 3 heterocycles. The first kappa shape index (κ1) is 15.4. The fourth-order valence-corrected chi connectivity index (χ4v) is 3.07. The zero-order valence-corrected chi connectivity index (χ0v) is 13.4. The third kappa shape index (κ3) is 3.01. The van der Waals surface area contributed by atoms with Gasteiger partial charge in [0.15, 0.2) is 5.79 Å². The van der Waals surface area contributed by atoms with Gasteiger partial charge in [-0.05, 0) is 15.9 Å². The molecular formula is C13H16BrN3O5. The fraction of sp³-hybridized carbons (Fsp3) is 0.615. The Morgan fingerprint density at radius 2 is 1.91 bits per heavy atom. The standard InChI is InChI=1S/C13H16BrN3O5/c14-9-7-17(12(20)15-11(9)19)8-10(18)16-3-1-13(2-4-16)21-5-6-22-13/h7H,1-6,8H2,(H,15,19,20). The van der Waals surface area contributed by atoms with Crippen LogP contribution in [0.5, 0.6) is 0 Å². The molecule has 0 aliphatic carbocycles. The number of hydrogen-bond donors (Lipinski definition) is 1. The van der Waals surface area contributed by atoms with E-state index in [9.17, 15) is 14.4 Å². The molecule has 2 aliphatic rings. The highest BCUT2D eigenvalue weighted by Gasteiger charge is 2.40. The lowest BCUT2D eigenvalue weighted by Crippen LogP contribution is -2.48. The van der Waals surface area contributed by atoms with E-state index in [1.807, 2.05) is 0 Å². The topological polar surface area (TPSA) is 93.6 Å². The van der Waals surface area contributed by atoms with Crippen LogP contribution < -0.4 is 11.2 Å². The molecule has 0 radical (unpaired) electrons. The van der Waals surface area contributed by atoms with Gasteiger partial charge in [0.25, 0.3) is 5.56 Å². The summed E-state index contributed by atoms with van der Waals surface area (Å²) >= 11 is 3.05. The molecule has 120 valence electrons. The van der Waals surface area contributed by atoms with Gasteiger partial charge in [-0.2, -0.15) is 0 Å². The van der Waals surface area contributed by atoms with Crippen LogP contribution in [0.1, 0.15) is 12.8 Å². The second-order valence-electron chi connectivity index (χ2n) is 5.35. The molecule has 0 saturated carbocycles. The number of hydrogen-bond acceptors (Lipinski definition) is 5. The van der Waals surface area contributed by atoms with Gasteiger partial charge in [-0.15, -0.1) is 0 Å². The Kier molecular flexibility index (Phi) is 4.20. The normalized spacial score (nSPS) is 20.5. The molecule has 2 saturated heterocycles.